The zero-order valence-electron chi connectivity index (χ0n) is 4.91. The lowest BCUT2D eigenvalue weighted by molar-refractivity contribution is 0.623. The lowest BCUT2D eigenvalue weighted by Crippen LogP contribution is -2.34. The molecule has 0 aromatic rings. The monoisotopic (exact) mass is 124 g/mol. The molecule has 1 rings (SSSR count). The average Bonchev–Trinajstić information content (AvgIpc) is 1.90. The van der Waals surface area contributed by atoms with Crippen molar-refractivity contribution in [2.45, 2.75) is 0 Å². The van der Waals surface area contributed by atoms with Gasteiger partial charge in [-0.25, -0.2) is 0 Å². The van der Waals surface area contributed by atoms with Gasteiger partial charge < -0.3 is 10.6 Å². The second-order valence-electron chi connectivity index (χ2n) is 1.67. The van der Waals surface area contributed by atoms with Crippen LogP contribution < -0.4 is 5.73 Å². The molecule has 0 saturated heterocycles. The third kappa shape index (κ3) is 1.28. The summed E-state index contributed by atoms with van der Waals surface area (Å²) in [5.41, 5.74) is 5.16. The van der Waals surface area contributed by atoms with Crippen LogP contribution in [0.2, 0.25) is 0 Å². The molecule has 0 atom stereocenters. The Balaban J connectivity index is 2.56. The summed E-state index contributed by atoms with van der Waals surface area (Å²) in [6.07, 6.45) is 4.97. The molecule has 48 valence electrons. The lowest BCUT2D eigenvalue weighted by Gasteiger charge is -2.16. The fourth-order valence-corrected chi connectivity index (χ4v) is 0.554. The summed E-state index contributed by atoms with van der Waals surface area (Å²) < 4.78 is 0. The van der Waals surface area contributed by atoms with Crippen LogP contribution >= 0.6 is 0 Å². The van der Waals surface area contributed by atoms with Crippen LogP contribution in [0, 0.1) is 5.41 Å². The zero-order chi connectivity index (χ0) is 6.69. The Morgan fingerprint density at radius 2 is 2.56 bits per heavy atom. The summed E-state index contributed by atoms with van der Waals surface area (Å²) in [6.45, 7) is 0.603. The maximum absolute atomic E-state index is 6.98. The van der Waals surface area contributed by atoms with E-state index in [4.69, 9.17) is 11.1 Å². The third-order valence-corrected chi connectivity index (χ3v) is 1.03. The number of guanidine groups is 1. The fourth-order valence-electron chi connectivity index (χ4n) is 0.554. The van der Waals surface area contributed by atoms with Crippen LogP contribution in [0.1, 0.15) is 0 Å². The third-order valence-electron chi connectivity index (χ3n) is 1.03. The molecule has 0 unspecified atom stereocenters. The summed E-state index contributed by atoms with van der Waals surface area (Å²) in [7, 11) is 0. The Bertz CT molecular complexity index is 170. The summed E-state index contributed by atoms with van der Waals surface area (Å²) in [6, 6.07) is 0. The van der Waals surface area contributed by atoms with E-state index in [1.54, 1.807) is 23.5 Å². The number of nitrogens with two attached hydrogens (primary N) is 1. The molecule has 0 bridgehead atoms. The number of hydrogen-bond donors (Lipinski definition) is 2. The van der Waals surface area contributed by atoms with E-state index in [0.717, 1.165) is 0 Å². The van der Waals surface area contributed by atoms with Crippen molar-refractivity contribution in [2.24, 2.45) is 10.7 Å². The lowest BCUT2D eigenvalue weighted by atomic mass is 10.5. The van der Waals surface area contributed by atoms with Crippen molar-refractivity contribution in [3.8, 4) is 0 Å². The molecule has 9 heavy (non-hydrogen) atoms. The predicted molar refractivity (Wildman–Crippen MR) is 36.3 cm³/mol. The number of nitrogens with one attached hydrogen (secondary N) is 1. The van der Waals surface area contributed by atoms with Crippen LogP contribution in [0.4, 0.5) is 0 Å². The normalized spacial score (nSPS) is 16.2. The van der Waals surface area contributed by atoms with Gasteiger partial charge in [-0.15, -0.1) is 0 Å². The van der Waals surface area contributed by atoms with Crippen molar-refractivity contribution in [3.63, 3.8) is 0 Å². The van der Waals surface area contributed by atoms with Gasteiger partial charge in [0, 0.05) is 18.6 Å². The SMILES string of the molecule is N=C(N)N1C=CN=CC1. The van der Waals surface area contributed by atoms with Crippen LogP contribution in [-0.4, -0.2) is 23.6 Å². The van der Waals surface area contributed by atoms with Crippen LogP contribution in [0.15, 0.2) is 17.4 Å². The highest BCUT2D eigenvalue weighted by Crippen LogP contribution is 1.91. The average molecular weight is 124 g/mol. The van der Waals surface area contributed by atoms with Crippen LogP contribution in [0.25, 0.3) is 0 Å². The van der Waals surface area contributed by atoms with Crippen molar-refractivity contribution < 1.29 is 0 Å². The molecule has 1 aliphatic heterocycles. The maximum Gasteiger partial charge on any atom is 0.192 e. The highest BCUT2D eigenvalue weighted by molar-refractivity contribution is 5.79. The number of hydrogen-bond acceptors (Lipinski definition) is 2. The second kappa shape index (κ2) is 2.30. The van der Waals surface area contributed by atoms with Gasteiger partial charge in [0.2, 0.25) is 0 Å². The van der Waals surface area contributed by atoms with Gasteiger partial charge in [-0.05, 0) is 0 Å². The topological polar surface area (TPSA) is 65.5 Å². The van der Waals surface area contributed by atoms with Crippen molar-refractivity contribution in [3.05, 3.63) is 12.4 Å². The molecule has 1 heterocycles. The van der Waals surface area contributed by atoms with E-state index in [-0.39, 0.29) is 5.96 Å². The number of nitrogens with zero attached hydrogens (tertiary/aromatic N) is 2. The van der Waals surface area contributed by atoms with Gasteiger partial charge in [-0.3, -0.25) is 10.4 Å². The van der Waals surface area contributed by atoms with Crippen LogP contribution in [0.5, 0.6) is 0 Å². The molecule has 4 nitrogen and oxygen atoms in total. The van der Waals surface area contributed by atoms with E-state index >= 15 is 0 Å². The van der Waals surface area contributed by atoms with Crippen LogP contribution in [0.3, 0.4) is 0 Å². The van der Waals surface area contributed by atoms with Gasteiger partial charge in [0.25, 0.3) is 0 Å². The van der Waals surface area contributed by atoms with E-state index in [1.807, 2.05) is 0 Å². The van der Waals surface area contributed by atoms with Gasteiger partial charge in [-0.1, -0.05) is 0 Å². The standard InChI is InChI=1S/C5H8N4/c6-5(7)9-3-1-8-2-4-9/h1-3H,4H2,(H3,6,7). The summed E-state index contributed by atoms with van der Waals surface area (Å²) in [5.74, 6) is 0.0531. The van der Waals surface area contributed by atoms with Crippen molar-refractivity contribution in [2.75, 3.05) is 6.54 Å². The largest absolute Gasteiger partial charge is 0.370 e. The Hall–Kier alpha value is -1.32. The molecule has 0 aliphatic carbocycles. The van der Waals surface area contributed by atoms with E-state index in [1.165, 1.54) is 0 Å². The second-order valence-corrected chi connectivity index (χ2v) is 1.67. The van der Waals surface area contributed by atoms with Gasteiger partial charge in [0.05, 0.1) is 6.54 Å². The molecule has 0 amide bonds. The summed E-state index contributed by atoms with van der Waals surface area (Å²) in [4.78, 5) is 5.40. The van der Waals surface area contributed by atoms with E-state index in [9.17, 15) is 0 Å². The molecule has 4 heteroatoms. The van der Waals surface area contributed by atoms with Gasteiger partial charge >= 0.3 is 0 Å². The van der Waals surface area contributed by atoms with Crippen molar-refractivity contribution >= 4 is 12.2 Å². The van der Waals surface area contributed by atoms with E-state index < -0.39 is 0 Å². The quantitative estimate of drug-likeness (QED) is 0.345. The molecule has 3 N–H and O–H groups in total. The Morgan fingerprint density at radius 1 is 1.78 bits per heavy atom. The van der Waals surface area contributed by atoms with Gasteiger partial charge in [0.15, 0.2) is 5.96 Å². The zero-order valence-corrected chi connectivity index (χ0v) is 4.91. The molecule has 0 spiro atoms. The fraction of sp³-hybridized carbons (Fsp3) is 0.200. The molecule has 0 saturated carbocycles. The van der Waals surface area contributed by atoms with Crippen molar-refractivity contribution in [1.29, 1.82) is 5.41 Å². The minimum absolute atomic E-state index is 0.0531. The first-order valence-corrected chi connectivity index (χ1v) is 2.59. The molecule has 0 fully saturated rings. The highest BCUT2D eigenvalue weighted by atomic mass is 15.2. The van der Waals surface area contributed by atoms with Crippen LogP contribution in [-0.2, 0) is 0 Å². The molecule has 1 aliphatic rings. The first-order chi connectivity index (χ1) is 4.30. The summed E-state index contributed by atoms with van der Waals surface area (Å²) in [5, 5.41) is 6.98. The smallest absolute Gasteiger partial charge is 0.192 e. The Labute approximate surface area is 53.2 Å². The molecule has 0 aromatic heterocycles. The number of aliphatic imine (C=N–C) groups is 1. The maximum atomic E-state index is 6.98. The van der Waals surface area contributed by atoms with E-state index in [0.29, 0.717) is 6.54 Å². The van der Waals surface area contributed by atoms with Crippen molar-refractivity contribution in [1.82, 2.24) is 4.90 Å². The number of rotatable bonds is 0. The minimum Gasteiger partial charge on any atom is -0.370 e. The molecular weight excluding hydrogens is 116 g/mol. The molecular formula is C5H8N4. The van der Waals surface area contributed by atoms with Gasteiger partial charge in [0.1, 0.15) is 0 Å². The summed E-state index contributed by atoms with van der Waals surface area (Å²) >= 11 is 0. The highest BCUT2D eigenvalue weighted by Gasteiger charge is 2.00. The molecule has 0 aromatic carbocycles. The first kappa shape index (κ1) is 5.81. The first-order valence-electron chi connectivity index (χ1n) is 2.59. The molecule has 0 radical (unpaired) electrons. The Morgan fingerprint density at radius 3 is 2.89 bits per heavy atom. The van der Waals surface area contributed by atoms with Gasteiger partial charge in [-0.2, -0.15) is 0 Å². The predicted octanol–water partition coefficient (Wildman–Crippen LogP) is -0.263. The van der Waals surface area contributed by atoms with E-state index in [2.05, 4.69) is 4.99 Å². The minimum atomic E-state index is 0.0531. The Kier molecular flexibility index (Phi) is 1.48.